The molecule has 0 aromatic heterocycles. The van der Waals surface area contributed by atoms with Crippen LogP contribution >= 0.6 is 12.2 Å². The molecule has 0 fully saturated rings. The standard InChI is InChI=1S/C29H21N3O4S/c33-26(20-13-15-23(16-14-20)36-18-19-7-2-1-3-8-19)31-29(37)30-21-9-6-10-22(17-21)32-27(34)24-11-4-5-12-25(24)28(32)35/h1-17H,18H2,(H2,30,31,33,37). The average molecular weight is 508 g/mol. The molecule has 8 heteroatoms. The van der Waals surface area contributed by atoms with E-state index in [1.54, 1.807) is 72.8 Å². The molecule has 2 N–H and O–H groups in total. The zero-order valence-electron chi connectivity index (χ0n) is 19.5. The first-order chi connectivity index (χ1) is 18.0. The summed E-state index contributed by atoms with van der Waals surface area (Å²) in [5, 5.41) is 5.65. The molecule has 4 aromatic rings. The second-order valence-electron chi connectivity index (χ2n) is 8.25. The third-order valence-electron chi connectivity index (χ3n) is 5.75. The van der Waals surface area contributed by atoms with Crippen molar-refractivity contribution in [1.29, 1.82) is 0 Å². The smallest absolute Gasteiger partial charge is 0.266 e. The third-order valence-corrected chi connectivity index (χ3v) is 5.95. The van der Waals surface area contributed by atoms with Gasteiger partial charge in [-0.05, 0) is 72.4 Å². The Hall–Kier alpha value is -4.82. The van der Waals surface area contributed by atoms with Crippen LogP contribution in [0.3, 0.4) is 0 Å². The fourth-order valence-electron chi connectivity index (χ4n) is 3.93. The number of benzene rings is 4. The number of hydrogen-bond acceptors (Lipinski definition) is 5. The summed E-state index contributed by atoms with van der Waals surface area (Å²) in [5.74, 6) is -0.510. The number of imide groups is 1. The summed E-state index contributed by atoms with van der Waals surface area (Å²) < 4.78 is 5.75. The van der Waals surface area contributed by atoms with Crippen molar-refractivity contribution in [1.82, 2.24) is 5.32 Å². The van der Waals surface area contributed by atoms with E-state index in [-0.39, 0.29) is 22.8 Å². The van der Waals surface area contributed by atoms with Crippen molar-refractivity contribution in [2.75, 3.05) is 10.2 Å². The van der Waals surface area contributed by atoms with Gasteiger partial charge in [0.05, 0.1) is 16.8 Å². The number of fused-ring (bicyclic) bond motifs is 1. The van der Waals surface area contributed by atoms with Gasteiger partial charge < -0.3 is 10.1 Å². The topological polar surface area (TPSA) is 87.7 Å². The number of carbonyl (C=O) groups is 3. The SMILES string of the molecule is O=C(NC(=S)Nc1cccc(N2C(=O)c3ccccc3C2=O)c1)c1ccc(OCc2ccccc2)cc1. The lowest BCUT2D eigenvalue weighted by Gasteiger charge is -2.16. The maximum absolute atomic E-state index is 12.8. The van der Waals surface area contributed by atoms with E-state index in [1.807, 2.05) is 30.3 Å². The van der Waals surface area contributed by atoms with Gasteiger partial charge in [-0.3, -0.25) is 19.7 Å². The summed E-state index contributed by atoms with van der Waals surface area (Å²) >= 11 is 5.30. The van der Waals surface area contributed by atoms with Gasteiger partial charge >= 0.3 is 0 Å². The Morgan fingerprint density at radius 2 is 1.43 bits per heavy atom. The lowest BCUT2D eigenvalue weighted by molar-refractivity contribution is 0.0923. The van der Waals surface area contributed by atoms with Gasteiger partial charge in [0.1, 0.15) is 12.4 Å². The van der Waals surface area contributed by atoms with Crippen LogP contribution in [0.4, 0.5) is 11.4 Å². The molecule has 5 rings (SSSR count). The molecule has 0 spiro atoms. The van der Waals surface area contributed by atoms with Gasteiger partial charge in [-0.15, -0.1) is 0 Å². The highest BCUT2D eigenvalue weighted by atomic mass is 32.1. The lowest BCUT2D eigenvalue weighted by Crippen LogP contribution is -2.34. The number of rotatable bonds is 6. The Bertz CT molecular complexity index is 1470. The highest BCUT2D eigenvalue weighted by molar-refractivity contribution is 7.80. The maximum Gasteiger partial charge on any atom is 0.266 e. The average Bonchev–Trinajstić information content (AvgIpc) is 3.18. The van der Waals surface area contributed by atoms with Crippen molar-refractivity contribution in [2.24, 2.45) is 0 Å². The fourth-order valence-corrected chi connectivity index (χ4v) is 4.14. The van der Waals surface area contributed by atoms with Crippen LogP contribution in [0.2, 0.25) is 0 Å². The first-order valence-corrected chi connectivity index (χ1v) is 11.9. The molecular weight excluding hydrogens is 486 g/mol. The van der Waals surface area contributed by atoms with Crippen molar-refractivity contribution in [3.8, 4) is 5.75 Å². The summed E-state index contributed by atoms with van der Waals surface area (Å²) in [6.45, 7) is 0.431. The lowest BCUT2D eigenvalue weighted by atomic mass is 10.1. The molecule has 0 bridgehead atoms. The zero-order valence-corrected chi connectivity index (χ0v) is 20.3. The molecule has 1 aliphatic heterocycles. The van der Waals surface area contributed by atoms with Gasteiger partial charge in [0.25, 0.3) is 17.7 Å². The van der Waals surface area contributed by atoms with E-state index in [0.29, 0.717) is 40.4 Å². The molecule has 0 saturated heterocycles. The van der Waals surface area contributed by atoms with Crippen LogP contribution in [-0.2, 0) is 6.61 Å². The zero-order chi connectivity index (χ0) is 25.8. The number of amides is 3. The molecular formula is C29H21N3O4S. The van der Waals surface area contributed by atoms with Crippen LogP contribution in [0, 0.1) is 0 Å². The van der Waals surface area contributed by atoms with E-state index in [2.05, 4.69) is 10.6 Å². The van der Waals surface area contributed by atoms with Gasteiger partial charge in [-0.1, -0.05) is 48.5 Å². The first kappa shape index (κ1) is 23.9. The van der Waals surface area contributed by atoms with Crippen LogP contribution in [0.5, 0.6) is 5.75 Å². The van der Waals surface area contributed by atoms with E-state index in [4.69, 9.17) is 17.0 Å². The Labute approximate surface area is 218 Å². The monoisotopic (exact) mass is 507 g/mol. The van der Waals surface area contributed by atoms with Crippen molar-refractivity contribution in [2.45, 2.75) is 6.61 Å². The Kier molecular flexibility index (Phi) is 6.74. The number of nitrogens with one attached hydrogen (secondary N) is 2. The van der Waals surface area contributed by atoms with Crippen molar-refractivity contribution in [3.63, 3.8) is 0 Å². The Morgan fingerprint density at radius 3 is 2.11 bits per heavy atom. The van der Waals surface area contributed by atoms with Crippen molar-refractivity contribution in [3.05, 3.63) is 125 Å². The van der Waals surface area contributed by atoms with Crippen molar-refractivity contribution >= 4 is 46.4 Å². The molecule has 0 unspecified atom stereocenters. The minimum absolute atomic E-state index is 0.0777. The molecule has 0 atom stereocenters. The van der Waals surface area contributed by atoms with Gasteiger partial charge in [-0.25, -0.2) is 4.90 Å². The number of ether oxygens (including phenoxy) is 1. The normalized spacial score (nSPS) is 12.2. The molecule has 0 saturated carbocycles. The van der Waals surface area contributed by atoms with Gasteiger partial charge in [0.2, 0.25) is 0 Å². The van der Waals surface area contributed by atoms with Gasteiger partial charge in [-0.2, -0.15) is 0 Å². The van der Waals surface area contributed by atoms with Gasteiger partial charge in [0, 0.05) is 11.3 Å². The van der Waals surface area contributed by atoms with E-state index in [9.17, 15) is 14.4 Å². The molecule has 1 heterocycles. The Morgan fingerprint density at radius 1 is 0.784 bits per heavy atom. The predicted molar refractivity (Wildman–Crippen MR) is 145 cm³/mol. The number of nitrogens with zero attached hydrogens (tertiary/aromatic N) is 1. The quantitative estimate of drug-likeness (QED) is 0.276. The van der Waals surface area contributed by atoms with Crippen molar-refractivity contribution < 1.29 is 19.1 Å². The summed E-state index contributed by atoms with van der Waals surface area (Å²) in [4.78, 5) is 39.3. The van der Waals surface area contributed by atoms with Crippen LogP contribution < -0.4 is 20.3 Å². The van der Waals surface area contributed by atoms with E-state index < -0.39 is 0 Å². The minimum atomic E-state index is -0.386. The Balaban J connectivity index is 1.19. The van der Waals surface area contributed by atoms with E-state index >= 15 is 0 Å². The highest BCUT2D eigenvalue weighted by Gasteiger charge is 2.36. The summed E-state index contributed by atoms with van der Waals surface area (Å²) in [5.41, 5.74) is 3.11. The van der Waals surface area contributed by atoms with Gasteiger partial charge in [0.15, 0.2) is 5.11 Å². The number of carbonyl (C=O) groups excluding carboxylic acids is 3. The molecule has 3 amide bonds. The largest absolute Gasteiger partial charge is 0.489 e. The maximum atomic E-state index is 12.8. The van der Waals surface area contributed by atoms with Crippen LogP contribution in [-0.4, -0.2) is 22.8 Å². The number of anilines is 2. The highest BCUT2D eigenvalue weighted by Crippen LogP contribution is 2.29. The molecule has 37 heavy (non-hydrogen) atoms. The van der Waals surface area contributed by atoms with Crippen LogP contribution in [0.1, 0.15) is 36.6 Å². The molecule has 182 valence electrons. The second-order valence-corrected chi connectivity index (χ2v) is 8.66. The third kappa shape index (κ3) is 5.24. The number of hydrogen-bond donors (Lipinski definition) is 2. The second kappa shape index (κ2) is 10.4. The molecule has 4 aromatic carbocycles. The fraction of sp³-hybridized carbons (Fsp3) is 0.0345. The summed E-state index contributed by atoms with van der Waals surface area (Å²) in [6, 6.07) is 30.0. The number of thiocarbonyl (C=S) groups is 1. The molecule has 7 nitrogen and oxygen atoms in total. The predicted octanol–water partition coefficient (Wildman–Crippen LogP) is 5.19. The summed E-state index contributed by atoms with van der Waals surface area (Å²) in [6.07, 6.45) is 0. The van der Waals surface area contributed by atoms with E-state index in [1.165, 1.54) is 0 Å². The van der Waals surface area contributed by atoms with Crippen LogP contribution in [0.25, 0.3) is 0 Å². The first-order valence-electron chi connectivity index (χ1n) is 11.5. The summed E-state index contributed by atoms with van der Waals surface area (Å²) in [7, 11) is 0. The van der Waals surface area contributed by atoms with E-state index in [0.717, 1.165) is 10.5 Å². The van der Waals surface area contributed by atoms with Crippen LogP contribution in [0.15, 0.2) is 103 Å². The molecule has 1 aliphatic rings. The molecule has 0 aliphatic carbocycles. The minimum Gasteiger partial charge on any atom is -0.489 e. The molecule has 0 radical (unpaired) electrons.